The third-order valence-electron chi connectivity index (χ3n) is 2.33. The zero-order valence-electron chi connectivity index (χ0n) is 9.99. The Morgan fingerprint density at radius 2 is 1.85 bits per heavy atom. The highest BCUT2D eigenvalue weighted by Crippen LogP contribution is 2.23. The Morgan fingerprint density at radius 1 is 1.15 bits per heavy atom. The molecule has 0 spiro atoms. The van der Waals surface area contributed by atoms with Crippen molar-refractivity contribution in [3.05, 3.63) is 42.5 Å². The molecule has 9 heteroatoms. The Morgan fingerprint density at radius 3 is 2.50 bits per heavy atom. The summed E-state index contributed by atoms with van der Waals surface area (Å²) in [4.78, 5) is 3.87. The van der Waals surface area contributed by atoms with Crippen molar-refractivity contribution in [3.8, 4) is 0 Å². The van der Waals surface area contributed by atoms with Gasteiger partial charge in [-0.05, 0) is 30.3 Å². The second-order valence-electron chi connectivity index (χ2n) is 3.78. The Balaban J connectivity index is 2.33. The molecule has 6 nitrogen and oxygen atoms in total. The molecule has 0 amide bonds. The van der Waals surface area contributed by atoms with Crippen molar-refractivity contribution in [1.29, 1.82) is 0 Å². The van der Waals surface area contributed by atoms with Gasteiger partial charge >= 0.3 is 0 Å². The molecule has 2 aromatic rings. The number of aromatic nitrogens is 1. The molecule has 0 aliphatic carbocycles. The number of rotatable bonds is 4. The van der Waals surface area contributed by atoms with Crippen LogP contribution in [0.1, 0.15) is 0 Å². The van der Waals surface area contributed by atoms with Gasteiger partial charge in [0.15, 0.2) is 0 Å². The van der Waals surface area contributed by atoms with Gasteiger partial charge in [0, 0.05) is 23.6 Å². The lowest BCUT2D eigenvalue weighted by Crippen LogP contribution is -2.14. The predicted molar refractivity (Wildman–Crippen MR) is 80.1 cm³/mol. The van der Waals surface area contributed by atoms with E-state index in [2.05, 4.69) is 9.71 Å². The molecule has 0 aliphatic rings. The van der Waals surface area contributed by atoms with Crippen LogP contribution in [-0.2, 0) is 10.0 Å². The number of nitrogens with zero attached hydrogens (tertiary/aromatic N) is 2. The van der Waals surface area contributed by atoms with Crippen LogP contribution in [0.5, 0.6) is 0 Å². The fourth-order valence-corrected chi connectivity index (χ4v) is 2.71. The SMILES string of the molecule is Nc1cccc(NS(=O)(=O)c2cccc(N(Cl)Cl)c2)n1. The van der Waals surface area contributed by atoms with Crippen LogP contribution in [0.4, 0.5) is 17.3 Å². The highest BCUT2D eigenvalue weighted by atomic mass is 35.5. The lowest BCUT2D eigenvalue weighted by atomic mass is 10.3. The minimum atomic E-state index is -3.80. The lowest BCUT2D eigenvalue weighted by molar-refractivity contribution is 0.601. The third kappa shape index (κ3) is 3.44. The Labute approximate surface area is 126 Å². The van der Waals surface area contributed by atoms with Gasteiger partial charge in [0.1, 0.15) is 11.6 Å². The van der Waals surface area contributed by atoms with E-state index in [-0.39, 0.29) is 16.5 Å². The number of sulfonamides is 1. The van der Waals surface area contributed by atoms with Gasteiger partial charge in [0.25, 0.3) is 10.0 Å². The number of nitrogens with one attached hydrogen (secondary N) is 1. The summed E-state index contributed by atoms with van der Waals surface area (Å²) in [7, 11) is -3.80. The maximum absolute atomic E-state index is 12.2. The number of halogens is 2. The smallest absolute Gasteiger partial charge is 0.263 e. The maximum Gasteiger partial charge on any atom is 0.263 e. The first kappa shape index (κ1) is 14.7. The fraction of sp³-hybridized carbons (Fsp3) is 0. The summed E-state index contributed by atoms with van der Waals surface area (Å²) in [6.07, 6.45) is 0. The summed E-state index contributed by atoms with van der Waals surface area (Å²) in [6.45, 7) is 0. The molecule has 1 aromatic heterocycles. The van der Waals surface area contributed by atoms with Crippen molar-refractivity contribution < 1.29 is 8.42 Å². The van der Waals surface area contributed by atoms with Crippen molar-refractivity contribution in [2.24, 2.45) is 0 Å². The molecular weight excluding hydrogens is 323 g/mol. The van der Waals surface area contributed by atoms with E-state index >= 15 is 0 Å². The topological polar surface area (TPSA) is 88.3 Å². The van der Waals surface area contributed by atoms with Gasteiger partial charge in [-0.2, -0.15) is 3.94 Å². The first-order valence-electron chi connectivity index (χ1n) is 5.35. The van der Waals surface area contributed by atoms with Gasteiger partial charge in [-0.25, -0.2) is 13.4 Å². The van der Waals surface area contributed by atoms with E-state index in [1.54, 1.807) is 18.2 Å². The number of anilines is 3. The first-order valence-corrected chi connectivity index (χ1v) is 7.51. The Hall–Kier alpha value is -1.70. The van der Waals surface area contributed by atoms with E-state index in [9.17, 15) is 8.42 Å². The van der Waals surface area contributed by atoms with E-state index in [4.69, 9.17) is 29.3 Å². The fourth-order valence-electron chi connectivity index (χ4n) is 1.46. The highest BCUT2D eigenvalue weighted by molar-refractivity contribution is 7.92. The summed E-state index contributed by atoms with van der Waals surface area (Å²) in [6, 6.07) is 10.5. The molecule has 0 fully saturated rings. The minimum absolute atomic E-state index is 0.00512. The number of benzene rings is 1. The first-order chi connectivity index (χ1) is 9.38. The van der Waals surface area contributed by atoms with Gasteiger partial charge in [-0.3, -0.25) is 4.72 Å². The van der Waals surface area contributed by atoms with Crippen molar-refractivity contribution >= 4 is 50.9 Å². The number of pyridine rings is 1. The normalized spacial score (nSPS) is 11.1. The molecule has 0 saturated heterocycles. The molecule has 0 aliphatic heterocycles. The number of hydrogen-bond acceptors (Lipinski definition) is 5. The van der Waals surface area contributed by atoms with E-state index < -0.39 is 10.0 Å². The average Bonchev–Trinajstić information content (AvgIpc) is 2.38. The van der Waals surface area contributed by atoms with E-state index in [1.165, 1.54) is 24.3 Å². The van der Waals surface area contributed by atoms with Crippen LogP contribution in [0.3, 0.4) is 0 Å². The van der Waals surface area contributed by atoms with E-state index in [1.807, 2.05) is 0 Å². The summed E-state index contributed by atoms with van der Waals surface area (Å²) >= 11 is 11.1. The molecule has 0 radical (unpaired) electrons. The number of nitrogens with two attached hydrogens (primary N) is 1. The molecule has 0 saturated carbocycles. The number of hydrogen-bond donors (Lipinski definition) is 2. The van der Waals surface area contributed by atoms with Crippen molar-refractivity contribution in [2.45, 2.75) is 4.90 Å². The molecule has 0 atom stereocenters. The zero-order chi connectivity index (χ0) is 14.8. The standard InChI is InChI=1S/C11H10Cl2N4O2S/c12-17(13)8-3-1-4-9(7-8)20(18,19)16-11-6-2-5-10(14)15-11/h1-7H,(H3,14,15,16). The summed E-state index contributed by atoms with van der Waals surface area (Å²) in [5.74, 6) is 0.343. The summed E-state index contributed by atoms with van der Waals surface area (Å²) in [5.41, 5.74) is 5.82. The van der Waals surface area contributed by atoms with Crippen LogP contribution >= 0.6 is 23.6 Å². The number of nitrogen functional groups attached to an aromatic ring is 1. The highest BCUT2D eigenvalue weighted by Gasteiger charge is 2.16. The molecule has 3 N–H and O–H groups in total. The van der Waals surface area contributed by atoms with Gasteiger partial charge in [-0.15, -0.1) is 0 Å². The monoisotopic (exact) mass is 332 g/mol. The summed E-state index contributed by atoms with van der Waals surface area (Å²) < 4.78 is 27.5. The molecule has 20 heavy (non-hydrogen) atoms. The molecule has 1 heterocycles. The third-order valence-corrected chi connectivity index (χ3v) is 4.08. The lowest BCUT2D eigenvalue weighted by Gasteiger charge is -2.10. The van der Waals surface area contributed by atoms with Gasteiger partial charge < -0.3 is 5.73 Å². The van der Waals surface area contributed by atoms with Crippen LogP contribution in [0.15, 0.2) is 47.4 Å². The predicted octanol–water partition coefficient (Wildman–Crippen LogP) is 2.58. The molecule has 0 unspecified atom stereocenters. The van der Waals surface area contributed by atoms with Crippen molar-refractivity contribution in [2.75, 3.05) is 14.4 Å². The van der Waals surface area contributed by atoms with Gasteiger partial charge in [0.05, 0.1) is 10.6 Å². The van der Waals surface area contributed by atoms with Crippen molar-refractivity contribution in [3.63, 3.8) is 0 Å². The Bertz CT molecular complexity index is 722. The minimum Gasteiger partial charge on any atom is -0.384 e. The van der Waals surface area contributed by atoms with Crippen LogP contribution in [0, 0.1) is 0 Å². The molecule has 0 bridgehead atoms. The molecule has 1 aromatic carbocycles. The van der Waals surface area contributed by atoms with Crippen LogP contribution in [0.25, 0.3) is 0 Å². The molecule has 2 rings (SSSR count). The maximum atomic E-state index is 12.2. The van der Waals surface area contributed by atoms with E-state index in [0.717, 1.165) is 3.94 Å². The largest absolute Gasteiger partial charge is 0.384 e. The second kappa shape index (κ2) is 5.74. The van der Waals surface area contributed by atoms with Gasteiger partial charge in [0.2, 0.25) is 0 Å². The van der Waals surface area contributed by atoms with Crippen LogP contribution in [0.2, 0.25) is 0 Å². The molecular formula is C11H10Cl2N4O2S. The quantitative estimate of drug-likeness (QED) is 0.840. The van der Waals surface area contributed by atoms with E-state index in [0.29, 0.717) is 5.69 Å². The van der Waals surface area contributed by atoms with Crippen molar-refractivity contribution in [1.82, 2.24) is 4.98 Å². The van der Waals surface area contributed by atoms with Crippen LogP contribution in [-0.4, -0.2) is 13.4 Å². The molecule has 106 valence electrons. The second-order valence-corrected chi connectivity index (χ2v) is 6.32. The zero-order valence-corrected chi connectivity index (χ0v) is 12.3. The van der Waals surface area contributed by atoms with Gasteiger partial charge in [-0.1, -0.05) is 12.1 Å². The van der Waals surface area contributed by atoms with Crippen LogP contribution < -0.4 is 14.4 Å². The summed E-state index contributed by atoms with van der Waals surface area (Å²) in [5, 5.41) is 0. The Kier molecular flexibility index (Phi) is 4.22. The average molecular weight is 333 g/mol.